The average Bonchev–Trinajstić information content (AvgIpc) is 3.07. The summed E-state index contributed by atoms with van der Waals surface area (Å²) in [7, 11) is -2.36. The smallest absolute Gasteiger partial charge is 0.258 e. The third kappa shape index (κ3) is 9.12. The number of sulfonamides is 1. The molecule has 0 spiro atoms. The second-order valence-electron chi connectivity index (χ2n) is 12.1. The van der Waals surface area contributed by atoms with Gasteiger partial charge in [-0.05, 0) is 56.2 Å². The highest BCUT2D eigenvalue weighted by Gasteiger charge is 2.36. The monoisotopic (exact) mass is 679 g/mol. The van der Waals surface area contributed by atoms with Crippen LogP contribution in [0, 0.1) is 5.92 Å². The van der Waals surface area contributed by atoms with E-state index in [1.54, 1.807) is 72.5 Å². The number of rotatable bonds is 14. The average molecular weight is 680 g/mol. The lowest BCUT2D eigenvalue weighted by molar-refractivity contribution is -0.116. The van der Waals surface area contributed by atoms with E-state index in [2.05, 4.69) is 10.6 Å². The first-order chi connectivity index (χ1) is 22.9. The van der Waals surface area contributed by atoms with Crippen molar-refractivity contribution in [2.24, 2.45) is 5.92 Å². The van der Waals surface area contributed by atoms with Gasteiger partial charge in [-0.1, -0.05) is 49.7 Å². The molecule has 5 N–H and O–H groups in total. The van der Waals surface area contributed by atoms with Gasteiger partial charge in [0, 0.05) is 32.4 Å². The zero-order valence-electron chi connectivity index (χ0n) is 27.6. The summed E-state index contributed by atoms with van der Waals surface area (Å²) in [6.07, 6.45) is 1.52. The number of nitrogen functional groups attached to an aromatic ring is 1. The van der Waals surface area contributed by atoms with Crippen LogP contribution in [0.15, 0.2) is 77.7 Å². The molecule has 4 rings (SSSR count). The minimum absolute atomic E-state index is 0.0277. The maximum absolute atomic E-state index is 13.8. The van der Waals surface area contributed by atoms with Crippen LogP contribution in [0.4, 0.5) is 17.1 Å². The number of nitrogens with one attached hydrogen (secondary N) is 2. The standard InChI is InChI=1S/C35H45N5O7S/c1-24-21-40(25(2)23-41)35(44)27-15-12-18-30(34(27)47-31(24)22-39(3)48(45,46)26-13-6-4-7-14-26)38-33(43)20-9-5-8-19-32(42)37-29-17-11-10-16-28(29)36/h4,6-7,10-18,24-25,31,41H,5,8-9,19-23,36H2,1-3H3,(H,37,42)(H,38,43)/t24-,25+,31-/m0/s1. The lowest BCUT2D eigenvalue weighted by atomic mass is 9.99. The summed E-state index contributed by atoms with van der Waals surface area (Å²) >= 11 is 0. The summed E-state index contributed by atoms with van der Waals surface area (Å²) in [6, 6.07) is 19.5. The van der Waals surface area contributed by atoms with E-state index in [-0.39, 0.29) is 78.1 Å². The molecule has 48 heavy (non-hydrogen) atoms. The topological polar surface area (TPSA) is 171 Å². The van der Waals surface area contributed by atoms with E-state index in [0.29, 0.717) is 30.6 Å². The quantitative estimate of drug-likeness (QED) is 0.144. The highest BCUT2D eigenvalue weighted by Crippen LogP contribution is 2.35. The highest BCUT2D eigenvalue weighted by molar-refractivity contribution is 7.89. The number of carbonyl (C=O) groups is 3. The highest BCUT2D eigenvalue weighted by atomic mass is 32.2. The number of ether oxygens (including phenoxy) is 1. The molecule has 0 saturated carbocycles. The summed E-state index contributed by atoms with van der Waals surface area (Å²) in [6.45, 7) is 3.52. The Morgan fingerprint density at radius 1 is 0.958 bits per heavy atom. The van der Waals surface area contributed by atoms with Gasteiger partial charge in [0.1, 0.15) is 6.10 Å². The van der Waals surface area contributed by atoms with Crippen molar-refractivity contribution in [1.29, 1.82) is 0 Å². The molecule has 0 aromatic heterocycles. The molecule has 0 radical (unpaired) electrons. The van der Waals surface area contributed by atoms with Gasteiger partial charge in [-0.25, -0.2) is 8.42 Å². The summed E-state index contributed by atoms with van der Waals surface area (Å²) in [4.78, 5) is 40.8. The summed E-state index contributed by atoms with van der Waals surface area (Å²) in [5.41, 5.74) is 7.42. The summed E-state index contributed by atoms with van der Waals surface area (Å²) in [5, 5.41) is 15.6. The molecular formula is C35H45N5O7S. The Labute approximate surface area is 282 Å². The van der Waals surface area contributed by atoms with Crippen molar-refractivity contribution in [3.05, 3.63) is 78.4 Å². The fourth-order valence-electron chi connectivity index (χ4n) is 5.47. The van der Waals surface area contributed by atoms with Crippen molar-refractivity contribution < 1.29 is 32.6 Å². The van der Waals surface area contributed by atoms with E-state index in [0.717, 1.165) is 0 Å². The van der Waals surface area contributed by atoms with Gasteiger partial charge in [-0.3, -0.25) is 14.4 Å². The van der Waals surface area contributed by atoms with E-state index < -0.39 is 22.2 Å². The van der Waals surface area contributed by atoms with Crippen LogP contribution in [0.1, 0.15) is 56.3 Å². The zero-order valence-corrected chi connectivity index (χ0v) is 28.4. The predicted octanol–water partition coefficient (Wildman–Crippen LogP) is 4.34. The van der Waals surface area contributed by atoms with E-state index in [1.165, 1.54) is 23.5 Å². The minimum Gasteiger partial charge on any atom is -0.486 e. The zero-order chi connectivity index (χ0) is 34.8. The molecule has 0 saturated heterocycles. The molecule has 3 aromatic carbocycles. The molecule has 258 valence electrons. The minimum atomic E-state index is -3.84. The number of nitrogens with two attached hydrogens (primary N) is 1. The first-order valence-electron chi connectivity index (χ1n) is 16.1. The second-order valence-corrected chi connectivity index (χ2v) is 14.2. The summed E-state index contributed by atoms with van der Waals surface area (Å²) < 4.78 is 34.4. The number of aliphatic hydroxyl groups excluding tert-OH is 1. The Morgan fingerprint density at radius 2 is 1.56 bits per heavy atom. The molecule has 12 nitrogen and oxygen atoms in total. The molecule has 3 aromatic rings. The normalized spacial score (nSPS) is 17.1. The van der Waals surface area contributed by atoms with Gasteiger partial charge >= 0.3 is 0 Å². The number of likely N-dealkylation sites (N-methyl/N-ethyl adjacent to an activating group) is 1. The van der Waals surface area contributed by atoms with Gasteiger partial charge in [0.2, 0.25) is 21.8 Å². The Balaban J connectivity index is 1.46. The van der Waals surface area contributed by atoms with Crippen LogP contribution in [0.3, 0.4) is 0 Å². The van der Waals surface area contributed by atoms with Gasteiger partial charge in [0.05, 0.1) is 46.7 Å². The number of carbonyl (C=O) groups excluding carboxylic acids is 3. The Morgan fingerprint density at radius 3 is 2.21 bits per heavy atom. The number of hydrogen-bond donors (Lipinski definition) is 4. The number of nitrogens with zero attached hydrogens (tertiary/aromatic N) is 2. The fraction of sp³-hybridized carbons (Fsp3) is 0.400. The number of aliphatic hydroxyl groups is 1. The van der Waals surface area contributed by atoms with Crippen molar-refractivity contribution >= 4 is 44.8 Å². The molecule has 0 unspecified atom stereocenters. The van der Waals surface area contributed by atoms with Crippen LogP contribution in [-0.4, -0.2) is 79.3 Å². The number of anilines is 3. The first-order valence-corrected chi connectivity index (χ1v) is 17.5. The van der Waals surface area contributed by atoms with Crippen LogP contribution in [-0.2, 0) is 19.6 Å². The van der Waals surface area contributed by atoms with E-state index in [1.807, 2.05) is 6.92 Å². The van der Waals surface area contributed by atoms with Crippen molar-refractivity contribution in [2.75, 3.05) is 43.1 Å². The third-order valence-corrected chi connectivity index (χ3v) is 10.2. The molecular weight excluding hydrogens is 634 g/mol. The molecule has 3 amide bonds. The Kier molecular flexibility index (Phi) is 12.6. The number of unbranched alkanes of at least 4 members (excludes halogenated alkanes) is 2. The SMILES string of the molecule is C[C@H](CO)N1C[C@H](C)[C@H](CN(C)S(=O)(=O)c2ccccc2)Oc2c(NC(=O)CCCCCC(=O)Nc3ccccc3N)cccc2C1=O. The lowest BCUT2D eigenvalue weighted by Crippen LogP contribution is -2.50. The number of amides is 3. The largest absolute Gasteiger partial charge is 0.486 e. The number of fused-ring (bicyclic) bond motifs is 1. The molecule has 1 aliphatic rings. The van der Waals surface area contributed by atoms with Gasteiger partial charge < -0.3 is 31.1 Å². The number of para-hydroxylation sites is 3. The van der Waals surface area contributed by atoms with Crippen molar-refractivity contribution in [2.45, 2.75) is 63.0 Å². The fourth-order valence-corrected chi connectivity index (χ4v) is 6.67. The summed E-state index contributed by atoms with van der Waals surface area (Å²) in [5.74, 6) is -1.02. The molecule has 0 bridgehead atoms. The van der Waals surface area contributed by atoms with E-state index in [9.17, 15) is 27.9 Å². The van der Waals surface area contributed by atoms with E-state index >= 15 is 0 Å². The van der Waals surface area contributed by atoms with Gasteiger partial charge in [0.15, 0.2) is 5.75 Å². The van der Waals surface area contributed by atoms with Crippen molar-refractivity contribution in [3.8, 4) is 5.75 Å². The maximum atomic E-state index is 13.8. The number of hydrogen-bond acceptors (Lipinski definition) is 8. The van der Waals surface area contributed by atoms with Crippen molar-refractivity contribution in [3.63, 3.8) is 0 Å². The van der Waals surface area contributed by atoms with Gasteiger partial charge in [0.25, 0.3) is 5.91 Å². The van der Waals surface area contributed by atoms with Crippen LogP contribution in [0.2, 0.25) is 0 Å². The first kappa shape index (κ1) is 36.4. The van der Waals surface area contributed by atoms with Crippen LogP contribution < -0.4 is 21.1 Å². The second kappa shape index (κ2) is 16.6. The molecule has 1 heterocycles. The predicted molar refractivity (Wildman–Crippen MR) is 185 cm³/mol. The van der Waals surface area contributed by atoms with Crippen molar-refractivity contribution in [1.82, 2.24) is 9.21 Å². The van der Waals surface area contributed by atoms with E-state index in [4.69, 9.17) is 10.5 Å². The van der Waals surface area contributed by atoms with Crippen LogP contribution >= 0.6 is 0 Å². The van der Waals surface area contributed by atoms with Gasteiger partial charge in [-0.15, -0.1) is 0 Å². The molecule has 13 heteroatoms. The Hall–Kier alpha value is -4.46. The van der Waals surface area contributed by atoms with Crippen LogP contribution in [0.25, 0.3) is 0 Å². The molecule has 0 aliphatic carbocycles. The maximum Gasteiger partial charge on any atom is 0.258 e. The molecule has 0 fully saturated rings. The third-order valence-electron chi connectivity index (χ3n) is 8.40. The van der Waals surface area contributed by atoms with Crippen LogP contribution in [0.5, 0.6) is 5.75 Å². The number of benzene rings is 3. The lowest BCUT2D eigenvalue weighted by Gasteiger charge is -2.38. The molecule has 1 aliphatic heterocycles. The molecule has 3 atom stereocenters. The Bertz CT molecular complexity index is 1690. The van der Waals surface area contributed by atoms with Gasteiger partial charge in [-0.2, -0.15) is 4.31 Å².